The molecule has 7 heteroatoms. The Labute approximate surface area is 111 Å². The molecule has 0 radical (unpaired) electrons. The minimum atomic E-state index is -1.05. The fraction of sp³-hybridized carbons (Fsp3) is 0.667. The molecule has 0 fully saturated rings. The van der Waals surface area contributed by atoms with Crippen LogP contribution in [0.5, 0.6) is 0 Å². The van der Waals surface area contributed by atoms with Crippen LogP contribution in [-0.2, 0) is 16.0 Å². The second-order valence-electron chi connectivity index (χ2n) is 5.44. The van der Waals surface area contributed by atoms with Crippen molar-refractivity contribution in [2.24, 2.45) is 5.41 Å². The van der Waals surface area contributed by atoms with Crippen LogP contribution in [0, 0.1) is 12.3 Å². The molecule has 2 N–H and O–H groups in total. The number of amides is 1. The first-order valence-corrected chi connectivity index (χ1v) is 6.01. The molecule has 1 amide bonds. The number of aliphatic carboxylic acids is 1. The van der Waals surface area contributed by atoms with Gasteiger partial charge in [0, 0.05) is 12.8 Å². The van der Waals surface area contributed by atoms with Gasteiger partial charge in [0.2, 0.25) is 11.8 Å². The van der Waals surface area contributed by atoms with Crippen LogP contribution >= 0.6 is 0 Å². The summed E-state index contributed by atoms with van der Waals surface area (Å²) in [7, 11) is 0. The molecule has 106 valence electrons. The molecule has 19 heavy (non-hydrogen) atoms. The standard InChI is InChI=1S/C12H19N3O4/c1-7-13-9(19-15-7)6-5-8(16)14-10(11(17)18)12(2,3)4/h10H,5-6H2,1-4H3,(H,14,16)(H,17,18)/t10-/m1/s1. The lowest BCUT2D eigenvalue weighted by atomic mass is 9.86. The molecule has 1 rings (SSSR count). The summed E-state index contributed by atoms with van der Waals surface area (Å²) in [5.41, 5.74) is -0.553. The average molecular weight is 269 g/mol. The summed E-state index contributed by atoms with van der Waals surface area (Å²) in [6.45, 7) is 6.96. The average Bonchev–Trinajstić information content (AvgIpc) is 2.67. The van der Waals surface area contributed by atoms with Crippen molar-refractivity contribution in [1.82, 2.24) is 15.5 Å². The maximum atomic E-state index is 11.7. The van der Waals surface area contributed by atoms with Gasteiger partial charge in [-0.25, -0.2) is 4.79 Å². The summed E-state index contributed by atoms with van der Waals surface area (Å²) in [6, 6.07) is -0.926. The summed E-state index contributed by atoms with van der Waals surface area (Å²) >= 11 is 0. The SMILES string of the molecule is Cc1noc(CCC(=O)N[C@H](C(=O)O)C(C)(C)C)n1. The number of carbonyl (C=O) groups excluding carboxylic acids is 1. The summed E-state index contributed by atoms with van der Waals surface area (Å²) in [4.78, 5) is 26.8. The molecular weight excluding hydrogens is 250 g/mol. The van der Waals surface area contributed by atoms with E-state index in [4.69, 9.17) is 9.63 Å². The van der Waals surface area contributed by atoms with Gasteiger partial charge < -0.3 is 14.9 Å². The Bertz CT molecular complexity index is 462. The van der Waals surface area contributed by atoms with Gasteiger partial charge in [0.15, 0.2) is 5.82 Å². The topological polar surface area (TPSA) is 105 Å². The first-order valence-electron chi connectivity index (χ1n) is 6.01. The van der Waals surface area contributed by atoms with Crippen LogP contribution in [0.15, 0.2) is 4.52 Å². The highest BCUT2D eigenvalue weighted by Gasteiger charge is 2.32. The zero-order chi connectivity index (χ0) is 14.6. The predicted molar refractivity (Wildman–Crippen MR) is 66.4 cm³/mol. The molecule has 0 spiro atoms. The third kappa shape index (κ3) is 4.69. The van der Waals surface area contributed by atoms with Gasteiger partial charge in [-0.1, -0.05) is 25.9 Å². The normalized spacial score (nSPS) is 13.1. The first-order chi connectivity index (χ1) is 8.70. The van der Waals surface area contributed by atoms with E-state index in [1.165, 1.54) is 0 Å². The van der Waals surface area contributed by atoms with Crippen LogP contribution in [0.2, 0.25) is 0 Å². The van der Waals surface area contributed by atoms with Crippen molar-refractivity contribution in [3.8, 4) is 0 Å². The van der Waals surface area contributed by atoms with Gasteiger partial charge in [-0.15, -0.1) is 0 Å². The van der Waals surface area contributed by atoms with Crippen molar-refractivity contribution >= 4 is 11.9 Å². The monoisotopic (exact) mass is 269 g/mol. The van der Waals surface area contributed by atoms with Crippen LogP contribution in [-0.4, -0.2) is 33.2 Å². The van der Waals surface area contributed by atoms with E-state index >= 15 is 0 Å². The highest BCUT2D eigenvalue weighted by atomic mass is 16.5. The number of carbonyl (C=O) groups is 2. The Morgan fingerprint density at radius 2 is 2.05 bits per heavy atom. The fourth-order valence-electron chi connectivity index (χ4n) is 1.54. The summed E-state index contributed by atoms with van der Waals surface area (Å²) in [6.07, 6.45) is 0.407. The predicted octanol–water partition coefficient (Wildman–Crippen LogP) is 0.926. The van der Waals surface area contributed by atoms with E-state index in [1.807, 2.05) is 0 Å². The van der Waals surface area contributed by atoms with E-state index < -0.39 is 17.4 Å². The molecule has 1 aromatic heterocycles. The van der Waals surface area contributed by atoms with E-state index in [0.717, 1.165) is 0 Å². The van der Waals surface area contributed by atoms with Crippen molar-refractivity contribution in [2.45, 2.75) is 46.6 Å². The smallest absolute Gasteiger partial charge is 0.326 e. The van der Waals surface area contributed by atoms with Gasteiger partial charge in [0.1, 0.15) is 6.04 Å². The third-order valence-electron chi connectivity index (χ3n) is 2.55. The molecule has 0 aromatic carbocycles. The number of aromatic nitrogens is 2. The van der Waals surface area contributed by atoms with E-state index in [9.17, 15) is 9.59 Å². The van der Waals surface area contributed by atoms with Gasteiger partial charge >= 0.3 is 5.97 Å². The number of carboxylic acid groups (broad SMARTS) is 1. The fourth-order valence-corrected chi connectivity index (χ4v) is 1.54. The van der Waals surface area contributed by atoms with Gasteiger partial charge in [0.05, 0.1) is 0 Å². The Kier molecular flexibility index (Phi) is 4.63. The Morgan fingerprint density at radius 3 is 2.47 bits per heavy atom. The van der Waals surface area contributed by atoms with Crippen LogP contribution in [0.3, 0.4) is 0 Å². The number of hydrogen-bond donors (Lipinski definition) is 2. The van der Waals surface area contributed by atoms with Crippen molar-refractivity contribution in [1.29, 1.82) is 0 Å². The number of carboxylic acids is 1. The molecule has 0 unspecified atom stereocenters. The Morgan fingerprint density at radius 1 is 1.42 bits per heavy atom. The molecule has 1 aromatic rings. The quantitative estimate of drug-likeness (QED) is 0.823. The van der Waals surface area contributed by atoms with Gasteiger partial charge in [-0.2, -0.15) is 4.98 Å². The molecule has 0 bridgehead atoms. The molecule has 0 saturated heterocycles. The lowest BCUT2D eigenvalue weighted by molar-refractivity contribution is -0.144. The van der Waals surface area contributed by atoms with Crippen LogP contribution in [0.4, 0.5) is 0 Å². The zero-order valence-corrected chi connectivity index (χ0v) is 11.6. The number of nitrogens with zero attached hydrogens (tertiary/aromatic N) is 2. The molecule has 0 aliphatic carbocycles. The van der Waals surface area contributed by atoms with E-state index in [1.54, 1.807) is 27.7 Å². The largest absolute Gasteiger partial charge is 0.480 e. The first kappa shape index (κ1) is 15.1. The third-order valence-corrected chi connectivity index (χ3v) is 2.55. The Hall–Kier alpha value is -1.92. The van der Waals surface area contributed by atoms with Gasteiger partial charge in [-0.3, -0.25) is 4.79 Å². The van der Waals surface area contributed by atoms with Crippen molar-refractivity contribution < 1.29 is 19.2 Å². The van der Waals surface area contributed by atoms with Crippen molar-refractivity contribution in [3.05, 3.63) is 11.7 Å². The van der Waals surface area contributed by atoms with E-state index in [0.29, 0.717) is 18.1 Å². The minimum Gasteiger partial charge on any atom is -0.480 e. The zero-order valence-electron chi connectivity index (χ0n) is 11.6. The van der Waals surface area contributed by atoms with E-state index in [2.05, 4.69) is 15.5 Å². The second kappa shape index (κ2) is 5.81. The number of aryl methyl sites for hydroxylation is 2. The minimum absolute atomic E-state index is 0.113. The summed E-state index contributed by atoms with van der Waals surface area (Å²) < 4.78 is 4.88. The summed E-state index contributed by atoms with van der Waals surface area (Å²) in [5, 5.41) is 15.2. The molecular formula is C12H19N3O4. The van der Waals surface area contributed by atoms with Crippen LogP contribution in [0.25, 0.3) is 0 Å². The molecule has 0 saturated carbocycles. The molecule has 1 heterocycles. The number of nitrogens with one attached hydrogen (secondary N) is 1. The van der Waals surface area contributed by atoms with Crippen LogP contribution < -0.4 is 5.32 Å². The van der Waals surface area contributed by atoms with Gasteiger partial charge in [-0.05, 0) is 12.3 Å². The maximum absolute atomic E-state index is 11.7. The molecule has 0 aliphatic heterocycles. The molecule has 0 aliphatic rings. The second-order valence-corrected chi connectivity index (χ2v) is 5.44. The summed E-state index contributed by atoms with van der Waals surface area (Å²) in [5.74, 6) is -0.517. The number of rotatable bonds is 5. The van der Waals surface area contributed by atoms with Crippen LogP contribution in [0.1, 0.15) is 38.9 Å². The van der Waals surface area contributed by atoms with Crippen molar-refractivity contribution in [2.75, 3.05) is 0 Å². The molecule has 1 atom stereocenters. The lowest BCUT2D eigenvalue weighted by Crippen LogP contribution is -2.49. The number of hydrogen-bond acceptors (Lipinski definition) is 5. The maximum Gasteiger partial charge on any atom is 0.326 e. The van der Waals surface area contributed by atoms with Crippen molar-refractivity contribution in [3.63, 3.8) is 0 Å². The lowest BCUT2D eigenvalue weighted by Gasteiger charge is -2.27. The van der Waals surface area contributed by atoms with E-state index in [-0.39, 0.29) is 12.3 Å². The molecule has 7 nitrogen and oxygen atoms in total. The highest BCUT2D eigenvalue weighted by molar-refractivity contribution is 5.84. The highest BCUT2D eigenvalue weighted by Crippen LogP contribution is 2.19. The Balaban J connectivity index is 2.52. The van der Waals surface area contributed by atoms with Gasteiger partial charge in [0.25, 0.3) is 0 Å².